The number of para-hydroxylation sites is 2. The van der Waals surface area contributed by atoms with E-state index >= 15 is 0 Å². The van der Waals surface area contributed by atoms with Gasteiger partial charge in [0.25, 0.3) is 5.91 Å². The number of nitrogen functional groups attached to an aromatic ring is 1. The summed E-state index contributed by atoms with van der Waals surface area (Å²) in [5.74, 6) is 1.03. The lowest BCUT2D eigenvalue weighted by Gasteiger charge is -2.08. The zero-order valence-corrected chi connectivity index (χ0v) is 10.3. The number of amides is 1. The van der Waals surface area contributed by atoms with Crippen molar-refractivity contribution in [3.63, 3.8) is 0 Å². The van der Waals surface area contributed by atoms with Crippen LogP contribution in [0, 0.1) is 0 Å². The van der Waals surface area contributed by atoms with E-state index < -0.39 is 0 Å². The van der Waals surface area contributed by atoms with Crippen LogP contribution in [0.5, 0.6) is 5.75 Å². The van der Waals surface area contributed by atoms with E-state index in [0.717, 1.165) is 5.82 Å². The maximum Gasteiger partial charge on any atom is 0.257 e. The number of hydrogen-bond acceptors (Lipinski definition) is 5. The summed E-state index contributed by atoms with van der Waals surface area (Å²) in [6.07, 6.45) is 2.03. The van der Waals surface area contributed by atoms with Crippen LogP contribution in [0.3, 0.4) is 0 Å². The molecule has 0 fully saturated rings. The molecule has 1 aromatic heterocycles. The Morgan fingerprint density at radius 1 is 1.42 bits per heavy atom. The molecule has 7 nitrogen and oxygen atoms in total. The van der Waals surface area contributed by atoms with Crippen LogP contribution in [-0.2, 0) is 11.2 Å². The molecule has 0 aliphatic heterocycles. The molecule has 1 aromatic carbocycles. The number of nitrogens with two attached hydrogens (primary N) is 1. The van der Waals surface area contributed by atoms with Gasteiger partial charge in [-0.3, -0.25) is 9.89 Å². The van der Waals surface area contributed by atoms with E-state index in [0.29, 0.717) is 24.4 Å². The second-order valence-corrected chi connectivity index (χ2v) is 3.86. The number of benzene rings is 1. The van der Waals surface area contributed by atoms with E-state index in [9.17, 15) is 4.79 Å². The first kappa shape index (κ1) is 12.9. The van der Waals surface area contributed by atoms with Crippen molar-refractivity contribution in [1.82, 2.24) is 20.5 Å². The average molecular weight is 261 g/mol. The van der Waals surface area contributed by atoms with Gasteiger partial charge in [0.15, 0.2) is 6.61 Å². The Kier molecular flexibility index (Phi) is 4.33. The lowest BCUT2D eigenvalue weighted by Crippen LogP contribution is -2.30. The predicted molar refractivity (Wildman–Crippen MR) is 69.4 cm³/mol. The van der Waals surface area contributed by atoms with Crippen molar-refractivity contribution in [2.75, 3.05) is 18.9 Å². The molecule has 0 aliphatic rings. The largest absolute Gasteiger partial charge is 0.482 e. The van der Waals surface area contributed by atoms with Gasteiger partial charge in [0.2, 0.25) is 0 Å². The average Bonchev–Trinajstić information content (AvgIpc) is 2.91. The molecule has 100 valence electrons. The van der Waals surface area contributed by atoms with Gasteiger partial charge in [-0.15, -0.1) is 0 Å². The third kappa shape index (κ3) is 3.98. The number of H-pyrrole nitrogens is 1. The Morgan fingerprint density at radius 2 is 2.26 bits per heavy atom. The number of nitrogens with one attached hydrogen (secondary N) is 2. The molecular weight excluding hydrogens is 246 g/mol. The molecule has 0 radical (unpaired) electrons. The first-order valence-corrected chi connectivity index (χ1v) is 5.84. The van der Waals surface area contributed by atoms with Crippen molar-refractivity contribution in [2.45, 2.75) is 6.42 Å². The zero-order valence-electron chi connectivity index (χ0n) is 10.3. The fraction of sp³-hybridized carbons (Fsp3) is 0.250. The highest BCUT2D eigenvalue weighted by Crippen LogP contribution is 2.19. The number of aromatic amines is 1. The molecule has 2 rings (SSSR count). The summed E-state index contributed by atoms with van der Waals surface area (Å²) in [4.78, 5) is 15.5. The fourth-order valence-corrected chi connectivity index (χ4v) is 1.48. The predicted octanol–water partition coefficient (Wildman–Crippen LogP) is 0.125. The summed E-state index contributed by atoms with van der Waals surface area (Å²) < 4.78 is 5.31. The highest BCUT2D eigenvalue weighted by Gasteiger charge is 2.04. The molecule has 0 bridgehead atoms. The number of aromatic nitrogens is 3. The number of ether oxygens (including phenoxy) is 1. The molecule has 4 N–H and O–H groups in total. The van der Waals surface area contributed by atoms with E-state index in [1.54, 1.807) is 24.3 Å². The van der Waals surface area contributed by atoms with Crippen LogP contribution in [0.2, 0.25) is 0 Å². The van der Waals surface area contributed by atoms with Gasteiger partial charge in [-0.2, -0.15) is 5.10 Å². The first-order valence-electron chi connectivity index (χ1n) is 5.84. The van der Waals surface area contributed by atoms with Crippen LogP contribution in [-0.4, -0.2) is 34.2 Å². The highest BCUT2D eigenvalue weighted by molar-refractivity contribution is 5.77. The number of rotatable bonds is 6. The number of hydrogen-bond donors (Lipinski definition) is 3. The van der Waals surface area contributed by atoms with Crippen LogP contribution in [0.15, 0.2) is 30.6 Å². The maximum atomic E-state index is 11.5. The molecule has 0 aliphatic carbocycles. The normalized spacial score (nSPS) is 10.1. The first-order chi connectivity index (χ1) is 9.25. The monoisotopic (exact) mass is 261 g/mol. The quantitative estimate of drug-likeness (QED) is 0.641. The molecular formula is C12H15N5O2. The van der Waals surface area contributed by atoms with Gasteiger partial charge in [-0.1, -0.05) is 12.1 Å². The van der Waals surface area contributed by atoms with E-state index in [-0.39, 0.29) is 12.5 Å². The van der Waals surface area contributed by atoms with Gasteiger partial charge in [0, 0.05) is 13.0 Å². The van der Waals surface area contributed by atoms with E-state index in [2.05, 4.69) is 20.5 Å². The SMILES string of the molecule is Nc1ccccc1OCC(=O)NCCc1ncn[nH]1. The minimum Gasteiger partial charge on any atom is -0.482 e. The van der Waals surface area contributed by atoms with Crippen molar-refractivity contribution < 1.29 is 9.53 Å². The molecule has 2 aromatic rings. The van der Waals surface area contributed by atoms with E-state index in [4.69, 9.17) is 10.5 Å². The van der Waals surface area contributed by atoms with Crippen molar-refractivity contribution in [2.24, 2.45) is 0 Å². The number of anilines is 1. The van der Waals surface area contributed by atoms with Crippen LogP contribution >= 0.6 is 0 Å². The van der Waals surface area contributed by atoms with Gasteiger partial charge < -0.3 is 15.8 Å². The van der Waals surface area contributed by atoms with Gasteiger partial charge in [0.05, 0.1) is 5.69 Å². The summed E-state index contributed by atoms with van der Waals surface area (Å²) in [7, 11) is 0. The molecule has 1 heterocycles. The molecule has 7 heteroatoms. The number of carbonyl (C=O) groups excluding carboxylic acids is 1. The Balaban J connectivity index is 1.69. The van der Waals surface area contributed by atoms with Gasteiger partial charge in [-0.05, 0) is 12.1 Å². The van der Waals surface area contributed by atoms with Crippen LogP contribution < -0.4 is 15.8 Å². The molecule has 0 saturated heterocycles. The smallest absolute Gasteiger partial charge is 0.257 e. The molecule has 0 unspecified atom stereocenters. The van der Waals surface area contributed by atoms with Gasteiger partial charge in [-0.25, -0.2) is 4.98 Å². The second kappa shape index (κ2) is 6.39. The summed E-state index contributed by atoms with van der Waals surface area (Å²) in [6.45, 7) is 0.409. The second-order valence-electron chi connectivity index (χ2n) is 3.86. The Hall–Kier alpha value is -2.57. The third-order valence-corrected chi connectivity index (χ3v) is 2.43. The lowest BCUT2D eigenvalue weighted by atomic mass is 10.3. The van der Waals surface area contributed by atoms with E-state index in [1.807, 2.05) is 0 Å². The fourth-order valence-electron chi connectivity index (χ4n) is 1.48. The summed E-state index contributed by atoms with van der Waals surface area (Å²) in [5.41, 5.74) is 6.21. The summed E-state index contributed by atoms with van der Waals surface area (Å²) in [6, 6.07) is 7.04. The zero-order chi connectivity index (χ0) is 13.5. The Labute approximate surface area is 110 Å². The Bertz CT molecular complexity index is 527. The molecule has 1 amide bonds. The summed E-state index contributed by atoms with van der Waals surface area (Å²) >= 11 is 0. The van der Waals surface area contributed by atoms with Crippen LogP contribution in [0.25, 0.3) is 0 Å². The number of carbonyl (C=O) groups is 1. The lowest BCUT2D eigenvalue weighted by molar-refractivity contribution is -0.123. The van der Waals surface area contributed by atoms with Gasteiger partial charge >= 0.3 is 0 Å². The summed E-state index contributed by atoms with van der Waals surface area (Å²) in [5, 5.41) is 9.15. The van der Waals surface area contributed by atoms with Gasteiger partial charge in [0.1, 0.15) is 17.9 Å². The van der Waals surface area contributed by atoms with Crippen molar-refractivity contribution >= 4 is 11.6 Å². The standard InChI is InChI=1S/C12H15N5O2/c13-9-3-1-2-4-10(9)19-7-12(18)14-6-5-11-15-8-16-17-11/h1-4,8H,5-7,13H2,(H,14,18)(H,15,16,17). The van der Waals surface area contributed by atoms with Crippen LogP contribution in [0.4, 0.5) is 5.69 Å². The molecule has 0 saturated carbocycles. The van der Waals surface area contributed by atoms with Crippen LogP contribution in [0.1, 0.15) is 5.82 Å². The van der Waals surface area contributed by atoms with Crippen molar-refractivity contribution in [1.29, 1.82) is 0 Å². The number of nitrogens with zero attached hydrogens (tertiary/aromatic N) is 2. The Morgan fingerprint density at radius 3 is 3.00 bits per heavy atom. The maximum absolute atomic E-state index is 11.5. The highest BCUT2D eigenvalue weighted by atomic mass is 16.5. The molecule has 0 spiro atoms. The van der Waals surface area contributed by atoms with Crippen molar-refractivity contribution in [3.8, 4) is 5.75 Å². The molecule has 0 atom stereocenters. The third-order valence-electron chi connectivity index (χ3n) is 2.43. The minimum absolute atomic E-state index is 0.0649. The minimum atomic E-state index is -0.206. The topological polar surface area (TPSA) is 106 Å². The van der Waals surface area contributed by atoms with E-state index in [1.165, 1.54) is 6.33 Å². The van der Waals surface area contributed by atoms with Crippen molar-refractivity contribution in [3.05, 3.63) is 36.4 Å². The molecule has 19 heavy (non-hydrogen) atoms.